The van der Waals surface area contributed by atoms with E-state index in [4.69, 9.17) is 11.5 Å². The lowest BCUT2D eigenvalue weighted by molar-refractivity contribution is -0.0219. The van der Waals surface area contributed by atoms with Gasteiger partial charge in [0.1, 0.15) is 0 Å². The fourth-order valence-corrected chi connectivity index (χ4v) is 3.81. The molecule has 3 unspecified atom stereocenters. The number of aromatic nitrogens is 2. The molecule has 6 nitrogen and oxygen atoms in total. The van der Waals surface area contributed by atoms with Crippen LogP contribution in [-0.4, -0.2) is 22.2 Å². The quantitative estimate of drug-likeness (QED) is 0.678. The molecule has 0 amide bonds. The second-order valence-corrected chi connectivity index (χ2v) is 5.90. The Balaban J connectivity index is 1.89. The van der Waals surface area contributed by atoms with Crippen molar-refractivity contribution in [1.82, 2.24) is 10.1 Å². The van der Waals surface area contributed by atoms with Crippen molar-refractivity contribution >= 4 is 0 Å². The van der Waals surface area contributed by atoms with Gasteiger partial charge in [-0.25, -0.2) is 4.79 Å². The number of aromatic amines is 1. The van der Waals surface area contributed by atoms with Crippen LogP contribution in [0.3, 0.4) is 0 Å². The molecule has 0 saturated heterocycles. The highest BCUT2D eigenvalue weighted by Gasteiger charge is 2.63. The molecule has 0 radical (unpaired) electrons. The van der Waals surface area contributed by atoms with Gasteiger partial charge in [-0.1, -0.05) is 23.7 Å². The molecule has 19 heavy (non-hydrogen) atoms. The second kappa shape index (κ2) is 4.05. The minimum Gasteiger partial charge on any atom is -0.330 e. The molecule has 0 aromatic carbocycles. The van der Waals surface area contributed by atoms with E-state index in [2.05, 4.69) is 27.7 Å². The van der Waals surface area contributed by atoms with Crippen molar-refractivity contribution in [3.63, 3.8) is 0 Å². The Labute approximate surface area is 111 Å². The van der Waals surface area contributed by atoms with Gasteiger partial charge in [0.25, 0.3) is 0 Å². The van der Waals surface area contributed by atoms with Crippen LogP contribution in [0.15, 0.2) is 21.0 Å². The number of H-pyrrole nitrogens is 1. The minimum atomic E-state index is -0.527. The predicted octanol–water partition coefficient (Wildman–Crippen LogP) is 0.308. The normalized spacial score (nSPS) is 36.8. The maximum absolute atomic E-state index is 11.0. The zero-order chi connectivity index (χ0) is 13.7. The first-order chi connectivity index (χ1) is 9.03. The van der Waals surface area contributed by atoms with Crippen molar-refractivity contribution in [3.05, 3.63) is 28.0 Å². The molecule has 5 N–H and O–H groups in total. The van der Waals surface area contributed by atoms with E-state index < -0.39 is 5.76 Å². The number of allylic oxidation sites excluding steroid dienone is 1. The van der Waals surface area contributed by atoms with Gasteiger partial charge in [-0.15, -0.1) is 0 Å². The molecule has 1 saturated carbocycles. The average Bonchev–Trinajstić information content (AvgIpc) is 2.91. The Hall–Kier alpha value is -1.40. The van der Waals surface area contributed by atoms with Gasteiger partial charge < -0.3 is 11.5 Å². The molecule has 2 aliphatic rings. The average molecular weight is 264 g/mol. The van der Waals surface area contributed by atoms with Gasteiger partial charge in [0.05, 0.1) is 0 Å². The highest BCUT2D eigenvalue weighted by molar-refractivity contribution is 5.36. The van der Waals surface area contributed by atoms with Crippen LogP contribution in [0.25, 0.3) is 0 Å². The Morgan fingerprint density at radius 3 is 3.00 bits per heavy atom. The van der Waals surface area contributed by atoms with Gasteiger partial charge in [0, 0.05) is 23.9 Å². The lowest BCUT2D eigenvalue weighted by atomic mass is 9.48. The Bertz CT molecular complexity index is 575. The van der Waals surface area contributed by atoms with Gasteiger partial charge >= 0.3 is 5.76 Å². The molecule has 0 spiro atoms. The summed E-state index contributed by atoms with van der Waals surface area (Å²) in [5, 5.41) is 3.74. The van der Waals surface area contributed by atoms with Gasteiger partial charge in [0.2, 0.25) is 0 Å². The summed E-state index contributed by atoms with van der Waals surface area (Å²) in [6.45, 7) is 2.64. The maximum Gasteiger partial charge on any atom is 0.438 e. The smallest absolute Gasteiger partial charge is 0.330 e. The molecule has 3 rings (SSSR count). The highest BCUT2D eigenvalue weighted by atomic mass is 16.5. The topological polar surface area (TPSA) is 111 Å². The van der Waals surface area contributed by atoms with E-state index >= 15 is 0 Å². The van der Waals surface area contributed by atoms with E-state index in [9.17, 15) is 4.79 Å². The zero-order valence-corrected chi connectivity index (χ0v) is 11.1. The minimum absolute atomic E-state index is 0.214. The summed E-state index contributed by atoms with van der Waals surface area (Å²) < 4.78 is 4.55. The van der Waals surface area contributed by atoms with Crippen LogP contribution in [0.4, 0.5) is 0 Å². The molecule has 3 atom stereocenters. The van der Waals surface area contributed by atoms with Crippen molar-refractivity contribution in [2.75, 3.05) is 6.54 Å². The molecule has 6 heteroatoms. The molecule has 0 bridgehead atoms. The molecule has 1 aromatic rings. The monoisotopic (exact) mass is 264 g/mol. The Morgan fingerprint density at radius 2 is 2.42 bits per heavy atom. The molecular formula is C13H20N4O2. The standard InChI is InChI=1S/C13H20N4O2/c1-2-8-3-9-5-12(7-14,13(9,15)4-8)6-10-16-11(18)19-17-10/h4,9H,2-3,5-7,14-15H2,1H3,(H,16,17,18). The summed E-state index contributed by atoms with van der Waals surface area (Å²) in [4.78, 5) is 13.6. The summed E-state index contributed by atoms with van der Waals surface area (Å²) in [5.74, 6) is 0.488. The summed E-state index contributed by atoms with van der Waals surface area (Å²) in [6.07, 6.45) is 5.86. The van der Waals surface area contributed by atoms with E-state index in [1.54, 1.807) is 0 Å². The highest BCUT2D eigenvalue weighted by Crippen LogP contribution is 2.60. The van der Waals surface area contributed by atoms with Crippen molar-refractivity contribution in [2.45, 2.75) is 38.1 Å². The molecular weight excluding hydrogens is 244 g/mol. The lowest BCUT2D eigenvalue weighted by Gasteiger charge is -2.59. The van der Waals surface area contributed by atoms with Crippen LogP contribution in [0.5, 0.6) is 0 Å². The SMILES string of the molecule is CCC1=CC2(N)C(C1)CC2(CN)Cc1noc(=O)[nH]1. The van der Waals surface area contributed by atoms with Crippen molar-refractivity contribution in [3.8, 4) is 0 Å². The number of hydrogen-bond acceptors (Lipinski definition) is 5. The Kier molecular flexibility index (Phi) is 2.69. The lowest BCUT2D eigenvalue weighted by Crippen LogP contribution is -2.70. The Morgan fingerprint density at radius 1 is 1.63 bits per heavy atom. The first-order valence-corrected chi connectivity index (χ1v) is 6.77. The van der Waals surface area contributed by atoms with Crippen molar-refractivity contribution < 1.29 is 4.52 Å². The van der Waals surface area contributed by atoms with Crippen LogP contribution in [0, 0.1) is 11.3 Å². The summed E-state index contributed by atoms with van der Waals surface area (Å²) in [6, 6.07) is 0. The van der Waals surface area contributed by atoms with Gasteiger partial charge in [-0.2, -0.15) is 0 Å². The van der Waals surface area contributed by atoms with E-state index in [0.717, 1.165) is 19.3 Å². The summed E-state index contributed by atoms with van der Waals surface area (Å²) >= 11 is 0. The fourth-order valence-electron chi connectivity index (χ4n) is 3.81. The maximum atomic E-state index is 11.0. The third-order valence-electron chi connectivity index (χ3n) is 5.02. The third kappa shape index (κ3) is 1.63. The number of fused-ring (bicyclic) bond motifs is 1. The fraction of sp³-hybridized carbons (Fsp3) is 0.692. The molecule has 2 aliphatic carbocycles. The molecule has 1 fully saturated rings. The molecule has 1 aromatic heterocycles. The summed E-state index contributed by atoms with van der Waals surface area (Å²) in [5.41, 5.74) is 13.4. The number of nitrogens with two attached hydrogens (primary N) is 2. The van der Waals surface area contributed by atoms with Gasteiger partial charge in [-0.3, -0.25) is 9.51 Å². The van der Waals surface area contributed by atoms with Gasteiger partial charge in [0.15, 0.2) is 5.82 Å². The molecule has 1 heterocycles. The van der Waals surface area contributed by atoms with E-state index in [1.807, 2.05) is 0 Å². The van der Waals surface area contributed by atoms with Crippen LogP contribution < -0.4 is 17.2 Å². The van der Waals surface area contributed by atoms with Crippen molar-refractivity contribution in [1.29, 1.82) is 0 Å². The molecule has 0 aliphatic heterocycles. The molecule has 104 valence electrons. The van der Waals surface area contributed by atoms with E-state index in [0.29, 0.717) is 24.7 Å². The van der Waals surface area contributed by atoms with Crippen LogP contribution >= 0.6 is 0 Å². The number of rotatable bonds is 4. The van der Waals surface area contributed by atoms with Crippen molar-refractivity contribution in [2.24, 2.45) is 22.8 Å². The zero-order valence-electron chi connectivity index (χ0n) is 11.1. The second-order valence-electron chi connectivity index (χ2n) is 5.90. The number of nitrogens with zero attached hydrogens (tertiary/aromatic N) is 1. The number of hydrogen-bond donors (Lipinski definition) is 3. The summed E-state index contributed by atoms with van der Waals surface area (Å²) in [7, 11) is 0. The first-order valence-electron chi connectivity index (χ1n) is 6.77. The van der Waals surface area contributed by atoms with Crippen LogP contribution in [0.2, 0.25) is 0 Å². The van der Waals surface area contributed by atoms with Gasteiger partial charge in [-0.05, 0) is 25.2 Å². The first kappa shape index (κ1) is 12.6. The predicted molar refractivity (Wildman–Crippen MR) is 70.3 cm³/mol. The van der Waals surface area contributed by atoms with E-state index in [-0.39, 0.29) is 11.0 Å². The number of nitrogens with one attached hydrogen (secondary N) is 1. The van der Waals surface area contributed by atoms with E-state index in [1.165, 1.54) is 5.57 Å². The third-order valence-corrected chi connectivity index (χ3v) is 5.02. The van der Waals surface area contributed by atoms with Crippen LogP contribution in [0.1, 0.15) is 32.0 Å². The van der Waals surface area contributed by atoms with Crippen LogP contribution in [-0.2, 0) is 6.42 Å². The largest absolute Gasteiger partial charge is 0.438 e.